The summed E-state index contributed by atoms with van der Waals surface area (Å²) in [6.45, 7) is 7.56. The van der Waals surface area contributed by atoms with Gasteiger partial charge in [-0.2, -0.15) is 0 Å². The predicted molar refractivity (Wildman–Crippen MR) is 112 cm³/mol. The molecule has 1 aliphatic heterocycles. The molecular formula is C24H28O6. The van der Waals surface area contributed by atoms with E-state index in [-0.39, 0.29) is 18.3 Å². The average molecular weight is 412 g/mol. The number of esters is 2. The minimum atomic E-state index is -0.693. The smallest absolute Gasteiger partial charge is 0.334 e. The van der Waals surface area contributed by atoms with Crippen molar-refractivity contribution in [3.63, 3.8) is 0 Å². The first-order valence-electron chi connectivity index (χ1n) is 10.0. The fourth-order valence-corrected chi connectivity index (χ4v) is 3.71. The van der Waals surface area contributed by atoms with Crippen molar-refractivity contribution in [1.82, 2.24) is 0 Å². The molecule has 6 nitrogen and oxygen atoms in total. The molecule has 30 heavy (non-hydrogen) atoms. The van der Waals surface area contributed by atoms with Crippen LogP contribution in [-0.2, 0) is 25.5 Å². The number of aliphatic hydroxyl groups excluding tert-OH is 1. The SMILES string of the molecule is C=C1C(=O)O[C@@H]2/C=C(\C)[C@@H](O)C/C=C(\C)[C@@H](OC(=O)Cc3ccc(OC)cc3)C[C@@H]12. The van der Waals surface area contributed by atoms with Crippen LogP contribution in [0, 0.1) is 5.92 Å². The molecule has 1 saturated heterocycles. The van der Waals surface area contributed by atoms with Crippen molar-refractivity contribution in [2.24, 2.45) is 5.92 Å². The molecule has 1 aromatic rings. The monoisotopic (exact) mass is 412 g/mol. The topological polar surface area (TPSA) is 82.1 Å². The molecule has 1 fully saturated rings. The van der Waals surface area contributed by atoms with Gasteiger partial charge >= 0.3 is 11.9 Å². The lowest BCUT2D eigenvalue weighted by Crippen LogP contribution is -2.28. The highest BCUT2D eigenvalue weighted by Crippen LogP contribution is 2.35. The Morgan fingerprint density at radius 3 is 2.60 bits per heavy atom. The van der Waals surface area contributed by atoms with E-state index in [1.807, 2.05) is 32.1 Å². The van der Waals surface area contributed by atoms with Crippen LogP contribution in [-0.4, -0.2) is 42.5 Å². The summed E-state index contributed by atoms with van der Waals surface area (Å²) in [4.78, 5) is 24.7. The van der Waals surface area contributed by atoms with Gasteiger partial charge in [-0.05, 0) is 61.6 Å². The first kappa shape index (κ1) is 21.8. The minimum absolute atomic E-state index is 0.125. The molecule has 0 aromatic heterocycles. The third kappa shape index (κ3) is 5.00. The van der Waals surface area contributed by atoms with Crippen molar-refractivity contribution in [3.8, 4) is 5.75 Å². The molecule has 0 bridgehead atoms. The van der Waals surface area contributed by atoms with E-state index in [1.165, 1.54) is 0 Å². The Morgan fingerprint density at radius 2 is 1.93 bits per heavy atom. The van der Waals surface area contributed by atoms with E-state index in [1.54, 1.807) is 25.3 Å². The molecule has 1 heterocycles. The summed E-state index contributed by atoms with van der Waals surface area (Å²) in [7, 11) is 1.59. The van der Waals surface area contributed by atoms with Crippen molar-refractivity contribution < 1.29 is 28.9 Å². The Labute approximate surface area is 176 Å². The Kier molecular flexibility index (Phi) is 6.77. The highest BCUT2D eigenvalue weighted by molar-refractivity contribution is 5.91. The molecule has 4 atom stereocenters. The number of rotatable bonds is 4. The average Bonchev–Trinajstić information content (AvgIpc) is 2.98. The van der Waals surface area contributed by atoms with Gasteiger partial charge in [-0.15, -0.1) is 0 Å². The van der Waals surface area contributed by atoms with E-state index in [2.05, 4.69) is 6.58 Å². The molecule has 160 valence electrons. The maximum absolute atomic E-state index is 12.6. The second-order valence-corrected chi connectivity index (χ2v) is 7.85. The lowest BCUT2D eigenvalue weighted by Gasteiger charge is -2.26. The van der Waals surface area contributed by atoms with Crippen molar-refractivity contribution >= 4 is 11.9 Å². The van der Waals surface area contributed by atoms with Gasteiger partial charge in [0.1, 0.15) is 18.0 Å². The molecule has 0 spiro atoms. The standard InChI is InChI=1S/C24H28O6/c1-14-5-10-20(25)15(2)11-22-19(16(3)24(27)30-22)13-21(14)29-23(26)12-17-6-8-18(28-4)9-7-17/h5-9,11,19-22,25H,3,10,12-13H2,1-2,4H3/b14-5+,15-11+/t19-,20-,21-,22+/m0/s1. The van der Waals surface area contributed by atoms with Gasteiger partial charge in [0.2, 0.25) is 0 Å². The molecule has 0 radical (unpaired) electrons. The van der Waals surface area contributed by atoms with Crippen molar-refractivity contribution in [2.45, 2.75) is 51.4 Å². The molecule has 0 unspecified atom stereocenters. The lowest BCUT2D eigenvalue weighted by atomic mass is 9.86. The zero-order valence-corrected chi connectivity index (χ0v) is 17.6. The van der Waals surface area contributed by atoms with E-state index < -0.39 is 24.3 Å². The van der Waals surface area contributed by atoms with E-state index in [0.29, 0.717) is 18.4 Å². The van der Waals surface area contributed by atoms with Crippen molar-refractivity contribution in [1.29, 1.82) is 0 Å². The fraction of sp³-hybridized carbons (Fsp3) is 0.417. The largest absolute Gasteiger partial charge is 0.497 e. The number of carbonyl (C=O) groups excluding carboxylic acids is 2. The van der Waals surface area contributed by atoms with Crippen LogP contribution >= 0.6 is 0 Å². The zero-order chi connectivity index (χ0) is 21.8. The zero-order valence-electron chi connectivity index (χ0n) is 17.6. The van der Waals surface area contributed by atoms with Gasteiger partial charge in [-0.3, -0.25) is 4.79 Å². The quantitative estimate of drug-likeness (QED) is 0.464. The minimum Gasteiger partial charge on any atom is -0.497 e. The van der Waals surface area contributed by atoms with Crippen LogP contribution in [0.25, 0.3) is 0 Å². The van der Waals surface area contributed by atoms with Gasteiger partial charge < -0.3 is 19.3 Å². The van der Waals surface area contributed by atoms with Gasteiger partial charge in [0, 0.05) is 11.5 Å². The van der Waals surface area contributed by atoms with Crippen LogP contribution in [0.2, 0.25) is 0 Å². The predicted octanol–water partition coefficient (Wildman–Crippen LogP) is 3.29. The number of hydrogen-bond donors (Lipinski definition) is 1. The highest BCUT2D eigenvalue weighted by atomic mass is 16.6. The van der Waals surface area contributed by atoms with Gasteiger partial charge in [0.15, 0.2) is 0 Å². The third-order valence-electron chi connectivity index (χ3n) is 5.72. The number of ether oxygens (including phenoxy) is 3. The molecule has 2 aliphatic rings. The Bertz CT molecular complexity index is 879. The highest BCUT2D eigenvalue weighted by Gasteiger charge is 2.40. The number of fused-ring (bicyclic) bond motifs is 1. The molecule has 3 rings (SSSR count). The second-order valence-electron chi connectivity index (χ2n) is 7.85. The van der Waals surface area contributed by atoms with E-state index in [9.17, 15) is 14.7 Å². The van der Waals surface area contributed by atoms with Crippen LogP contribution in [0.4, 0.5) is 0 Å². The summed E-state index contributed by atoms with van der Waals surface area (Å²) in [5, 5.41) is 10.4. The third-order valence-corrected chi connectivity index (χ3v) is 5.72. The number of hydrogen-bond acceptors (Lipinski definition) is 6. The Morgan fingerprint density at radius 1 is 1.23 bits per heavy atom. The maximum atomic E-state index is 12.6. The first-order chi connectivity index (χ1) is 14.3. The molecular weight excluding hydrogens is 384 g/mol. The molecule has 1 aliphatic carbocycles. The van der Waals surface area contributed by atoms with Crippen LogP contribution in [0.3, 0.4) is 0 Å². The molecule has 6 heteroatoms. The van der Waals surface area contributed by atoms with E-state index in [0.717, 1.165) is 22.5 Å². The second kappa shape index (κ2) is 9.30. The van der Waals surface area contributed by atoms with E-state index >= 15 is 0 Å². The number of methoxy groups -OCH3 is 1. The molecule has 0 amide bonds. The van der Waals surface area contributed by atoms with Gasteiger partial charge in [-0.1, -0.05) is 24.8 Å². The summed E-state index contributed by atoms with van der Waals surface area (Å²) >= 11 is 0. The van der Waals surface area contributed by atoms with E-state index in [4.69, 9.17) is 14.2 Å². The fourth-order valence-electron chi connectivity index (χ4n) is 3.71. The molecule has 1 aromatic carbocycles. The van der Waals surface area contributed by atoms with Crippen molar-refractivity contribution in [2.75, 3.05) is 7.11 Å². The summed E-state index contributed by atoms with van der Waals surface area (Å²) in [6, 6.07) is 7.23. The van der Waals surface area contributed by atoms with Crippen LogP contribution in [0.15, 0.2) is 59.7 Å². The molecule has 1 N–H and O–H groups in total. The van der Waals surface area contributed by atoms with Crippen molar-refractivity contribution in [3.05, 3.63) is 65.3 Å². The van der Waals surface area contributed by atoms with Crippen LogP contribution in [0.5, 0.6) is 5.75 Å². The van der Waals surface area contributed by atoms with Gasteiger partial charge in [-0.25, -0.2) is 4.79 Å². The number of aliphatic hydroxyl groups is 1. The van der Waals surface area contributed by atoms with Gasteiger partial charge in [0.05, 0.1) is 19.6 Å². The number of carbonyl (C=O) groups is 2. The van der Waals surface area contributed by atoms with Gasteiger partial charge in [0.25, 0.3) is 0 Å². The number of benzene rings is 1. The summed E-state index contributed by atoms with van der Waals surface area (Å²) in [6.07, 6.45) is 2.83. The normalized spacial score (nSPS) is 30.3. The summed E-state index contributed by atoms with van der Waals surface area (Å²) in [5.74, 6) is -0.419. The van der Waals surface area contributed by atoms with Crippen LogP contribution < -0.4 is 4.74 Å². The summed E-state index contributed by atoms with van der Waals surface area (Å²) in [5.41, 5.74) is 2.75. The van der Waals surface area contributed by atoms with Crippen LogP contribution in [0.1, 0.15) is 32.3 Å². The Hall–Kier alpha value is -2.86. The maximum Gasteiger partial charge on any atom is 0.334 e. The summed E-state index contributed by atoms with van der Waals surface area (Å²) < 4.78 is 16.4. The lowest BCUT2D eigenvalue weighted by molar-refractivity contribution is -0.147. The Balaban J connectivity index is 1.78. The molecule has 0 saturated carbocycles. The first-order valence-corrected chi connectivity index (χ1v) is 10.0.